The van der Waals surface area contributed by atoms with Crippen LogP contribution in [0.3, 0.4) is 0 Å². The molecular formula is C18H21FN4O3. The summed E-state index contributed by atoms with van der Waals surface area (Å²) in [6.45, 7) is 3.34. The lowest BCUT2D eigenvalue weighted by Crippen LogP contribution is -2.48. The molecule has 2 heterocycles. The minimum absolute atomic E-state index is 0.0716. The van der Waals surface area contributed by atoms with E-state index >= 15 is 0 Å². The number of carbonyl (C=O) groups is 2. The molecule has 138 valence electrons. The van der Waals surface area contributed by atoms with E-state index in [2.05, 4.69) is 5.32 Å². The van der Waals surface area contributed by atoms with Gasteiger partial charge < -0.3 is 19.9 Å². The third-order valence-corrected chi connectivity index (χ3v) is 4.80. The largest absolute Gasteiger partial charge is 0.378 e. The van der Waals surface area contributed by atoms with Crippen LogP contribution in [0.1, 0.15) is 18.4 Å². The van der Waals surface area contributed by atoms with Gasteiger partial charge in [-0.3, -0.25) is 4.79 Å². The van der Waals surface area contributed by atoms with Crippen molar-refractivity contribution in [1.29, 1.82) is 5.26 Å². The molecule has 2 aliphatic rings. The molecule has 2 aliphatic heterocycles. The first-order chi connectivity index (χ1) is 12.6. The lowest BCUT2D eigenvalue weighted by Gasteiger charge is -2.35. The zero-order valence-electron chi connectivity index (χ0n) is 14.4. The van der Waals surface area contributed by atoms with Gasteiger partial charge in [-0.25, -0.2) is 9.18 Å². The summed E-state index contributed by atoms with van der Waals surface area (Å²) in [6, 6.07) is 5.19. The molecule has 1 aromatic carbocycles. The summed E-state index contributed by atoms with van der Waals surface area (Å²) >= 11 is 0. The average Bonchev–Trinajstić information content (AvgIpc) is 2.69. The van der Waals surface area contributed by atoms with Gasteiger partial charge in [-0.2, -0.15) is 5.26 Å². The predicted octanol–water partition coefficient (Wildman–Crippen LogP) is 1.80. The van der Waals surface area contributed by atoms with Crippen LogP contribution in [0.2, 0.25) is 0 Å². The van der Waals surface area contributed by atoms with Crippen LogP contribution in [-0.4, -0.2) is 61.1 Å². The quantitative estimate of drug-likeness (QED) is 0.871. The van der Waals surface area contributed by atoms with Crippen molar-refractivity contribution in [3.63, 3.8) is 0 Å². The molecule has 2 fully saturated rings. The lowest BCUT2D eigenvalue weighted by atomic mass is 9.95. The second-order valence-corrected chi connectivity index (χ2v) is 6.43. The monoisotopic (exact) mass is 360 g/mol. The number of amides is 3. The van der Waals surface area contributed by atoms with Crippen LogP contribution in [-0.2, 0) is 9.53 Å². The Morgan fingerprint density at radius 3 is 2.50 bits per heavy atom. The minimum atomic E-state index is -0.526. The van der Waals surface area contributed by atoms with Crippen molar-refractivity contribution in [3.05, 3.63) is 29.6 Å². The normalized spacial score (nSPS) is 18.3. The van der Waals surface area contributed by atoms with Gasteiger partial charge in [0.05, 0.1) is 24.5 Å². The number of anilines is 1. The summed E-state index contributed by atoms with van der Waals surface area (Å²) < 4.78 is 18.4. The fraction of sp³-hybridized carbons (Fsp3) is 0.500. The zero-order valence-corrected chi connectivity index (χ0v) is 14.4. The molecule has 0 bridgehead atoms. The molecule has 0 aliphatic carbocycles. The number of benzene rings is 1. The molecule has 1 aromatic rings. The summed E-state index contributed by atoms with van der Waals surface area (Å²) in [5, 5.41) is 11.7. The highest BCUT2D eigenvalue weighted by molar-refractivity contribution is 5.91. The number of nitrogens with zero attached hydrogens (tertiary/aromatic N) is 3. The molecular weight excluding hydrogens is 339 g/mol. The van der Waals surface area contributed by atoms with Crippen molar-refractivity contribution in [2.45, 2.75) is 12.8 Å². The van der Waals surface area contributed by atoms with Gasteiger partial charge in [-0.15, -0.1) is 0 Å². The Balaban J connectivity index is 1.54. The van der Waals surface area contributed by atoms with Crippen LogP contribution >= 0.6 is 0 Å². The second kappa shape index (κ2) is 8.15. The Labute approximate surface area is 151 Å². The number of halogens is 1. The summed E-state index contributed by atoms with van der Waals surface area (Å²) in [4.78, 5) is 28.4. The molecule has 7 nitrogen and oxygen atoms in total. The molecule has 1 N–H and O–H groups in total. The van der Waals surface area contributed by atoms with Crippen molar-refractivity contribution in [1.82, 2.24) is 9.80 Å². The van der Waals surface area contributed by atoms with E-state index in [-0.39, 0.29) is 29.1 Å². The van der Waals surface area contributed by atoms with Gasteiger partial charge in [0, 0.05) is 32.1 Å². The van der Waals surface area contributed by atoms with Crippen LogP contribution < -0.4 is 5.32 Å². The number of carbonyl (C=O) groups excluding carboxylic acids is 2. The van der Waals surface area contributed by atoms with E-state index in [4.69, 9.17) is 10.00 Å². The van der Waals surface area contributed by atoms with Crippen molar-refractivity contribution < 1.29 is 18.7 Å². The van der Waals surface area contributed by atoms with Crippen LogP contribution in [0.5, 0.6) is 0 Å². The zero-order chi connectivity index (χ0) is 18.5. The fourth-order valence-electron chi connectivity index (χ4n) is 3.28. The van der Waals surface area contributed by atoms with E-state index in [1.54, 1.807) is 4.90 Å². The van der Waals surface area contributed by atoms with Crippen molar-refractivity contribution in [2.24, 2.45) is 5.92 Å². The summed E-state index contributed by atoms with van der Waals surface area (Å²) in [5.41, 5.74) is 0.362. The highest BCUT2D eigenvalue weighted by Crippen LogP contribution is 2.22. The first-order valence-corrected chi connectivity index (χ1v) is 8.70. The molecule has 0 aromatic heterocycles. The van der Waals surface area contributed by atoms with E-state index in [1.807, 2.05) is 11.0 Å². The van der Waals surface area contributed by atoms with E-state index in [9.17, 15) is 14.0 Å². The van der Waals surface area contributed by atoms with Crippen molar-refractivity contribution in [2.75, 3.05) is 44.7 Å². The molecule has 0 unspecified atom stereocenters. The van der Waals surface area contributed by atoms with Crippen LogP contribution in [0.15, 0.2) is 18.2 Å². The highest BCUT2D eigenvalue weighted by Gasteiger charge is 2.31. The van der Waals surface area contributed by atoms with Gasteiger partial charge >= 0.3 is 6.03 Å². The van der Waals surface area contributed by atoms with Gasteiger partial charge in [0.1, 0.15) is 11.9 Å². The highest BCUT2D eigenvalue weighted by atomic mass is 19.1. The van der Waals surface area contributed by atoms with Crippen LogP contribution in [0, 0.1) is 23.1 Å². The van der Waals surface area contributed by atoms with Gasteiger partial charge in [0.2, 0.25) is 5.91 Å². The summed E-state index contributed by atoms with van der Waals surface area (Å²) in [6.07, 6.45) is 1.22. The Hall–Kier alpha value is -2.66. The number of morpholine rings is 1. The topological polar surface area (TPSA) is 85.7 Å². The number of nitrogens with one attached hydrogen (secondary N) is 1. The Morgan fingerprint density at radius 2 is 1.85 bits per heavy atom. The van der Waals surface area contributed by atoms with E-state index in [1.165, 1.54) is 12.1 Å². The first kappa shape index (κ1) is 18.1. The summed E-state index contributed by atoms with van der Waals surface area (Å²) in [5.74, 6) is -0.460. The predicted molar refractivity (Wildman–Crippen MR) is 91.8 cm³/mol. The maximum Gasteiger partial charge on any atom is 0.321 e. The average molecular weight is 360 g/mol. The Bertz CT molecular complexity index is 720. The molecule has 3 rings (SSSR count). The molecule has 0 saturated carbocycles. The molecule has 8 heteroatoms. The lowest BCUT2D eigenvalue weighted by molar-refractivity contribution is -0.140. The Kier molecular flexibility index (Phi) is 5.68. The number of hydrogen-bond donors (Lipinski definition) is 1. The fourth-order valence-corrected chi connectivity index (χ4v) is 3.28. The van der Waals surface area contributed by atoms with Crippen LogP contribution in [0.25, 0.3) is 0 Å². The standard InChI is InChI=1S/C18H21FN4O3/c19-15-1-2-16(14(11-15)12-20)21-18(25)23-5-3-13(4-6-23)17(24)22-7-9-26-10-8-22/h1-2,11,13H,3-10H2,(H,21,25). The minimum Gasteiger partial charge on any atom is -0.378 e. The number of piperidine rings is 1. The second-order valence-electron chi connectivity index (χ2n) is 6.43. The van der Waals surface area contributed by atoms with Crippen LogP contribution in [0.4, 0.5) is 14.9 Å². The number of likely N-dealkylation sites (tertiary alicyclic amines) is 1. The summed E-state index contributed by atoms with van der Waals surface area (Å²) in [7, 11) is 0. The van der Waals surface area contributed by atoms with E-state index < -0.39 is 5.82 Å². The van der Waals surface area contributed by atoms with Gasteiger partial charge in [0.15, 0.2) is 0 Å². The maximum absolute atomic E-state index is 13.2. The SMILES string of the molecule is N#Cc1cc(F)ccc1NC(=O)N1CCC(C(=O)N2CCOCC2)CC1. The molecule has 3 amide bonds. The van der Waals surface area contributed by atoms with Crippen molar-refractivity contribution >= 4 is 17.6 Å². The molecule has 2 saturated heterocycles. The third-order valence-electron chi connectivity index (χ3n) is 4.80. The third kappa shape index (κ3) is 4.11. The smallest absolute Gasteiger partial charge is 0.321 e. The molecule has 0 radical (unpaired) electrons. The molecule has 26 heavy (non-hydrogen) atoms. The maximum atomic E-state index is 13.2. The number of rotatable bonds is 2. The first-order valence-electron chi connectivity index (χ1n) is 8.70. The molecule has 0 spiro atoms. The number of ether oxygens (including phenoxy) is 1. The number of hydrogen-bond acceptors (Lipinski definition) is 4. The molecule has 0 atom stereocenters. The Morgan fingerprint density at radius 1 is 1.15 bits per heavy atom. The van der Waals surface area contributed by atoms with E-state index in [0.717, 1.165) is 6.07 Å². The van der Waals surface area contributed by atoms with Crippen molar-refractivity contribution in [3.8, 4) is 6.07 Å². The van der Waals surface area contributed by atoms with E-state index in [0.29, 0.717) is 52.2 Å². The van der Waals surface area contributed by atoms with Gasteiger partial charge in [-0.05, 0) is 31.0 Å². The van der Waals surface area contributed by atoms with Gasteiger partial charge in [-0.1, -0.05) is 0 Å². The number of urea groups is 1. The number of nitriles is 1. The van der Waals surface area contributed by atoms with Gasteiger partial charge in [0.25, 0.3) is 0 Å².